The largest absolute Gasteiger partial charge is 0.263 e. The highest BCUT2D eigenvalue weighted by Gasteiger charge is 2.32. The van der Waals surface area contributed by atoms with Crippen LogP contribution in [0.25, 0.3) is 0 Å². The summed E-state index contributed by atoms with van der Waals surface area (Å²) in [6.07, 6.45) is 1.80. The highest BCUT2D eigenvalue weighted by atomic mass is 32.2. The molecule has 6 heteroatoms. The molecule has 0 radical (unpaired) electrons. The van der Waals surface area contributed by atoms with E-state index in [1.54, 1.807) is 17.8 Å². The highest BCUT2D eigenvalue weighted by Crippen LogP contribution is 2.35. The van der Waals surface area contributed by atoms with Crippen LogP contribution in [0.4, 0.5) is 5.95 Å². The quantitative estimate of drug-likeness (QED) is 0.841. The molecule has 0 amide bonds. The van der Waals surface area contributed by atoms with Crippen molar-refractivity contribution in [3.05, 3.63) is 66.0 Å². The van der Waals surface area contributed by atoms with Gasteiger partial charge in [-0.1, -0.05) is 48.2 Å². The molecule has 2 aromatic rings. The van der Waals surface area contributed by atoms with E-state index >= 15 is 0 Å². The summed E-state index contributed by atoms with van der Waals surface area (Å²) in [6, 6.07) is 12.6. The van der Waals surface area contributed by atoms with Crippen LogP contribution in [0.1, 0.15) is 23.0 Å². The first kappa shape index (κ1) is 16.5. The minimum Gasteiger partial charge on any atom is -0.263 e. The molecule has 1 fully saturated rings. The van der Waals surface area contributed by atoms with Crippen LogP contribution in [0.15, 0.2) is 54.0 Å². The average Bonchev–Trinajstić information content (AvgIpc) is 2.95. The zero-order valence-electron chi connectivity index (χ0n) is 13.9. The van der Waals surface area contributed by atoms with Crippen molar-refractivity contribution in [1.82, 2.24) is 15.0 Å². The van der Waals surface area contributed by atoms with Gasteiger partial charge < -0.3 is 0 Å². The van der Waals surface area contributed by atoms with Crippen LogP contribution < -0.4 is 5.43 Å². The smallest absolute Gasteiger partial charge is 0.242 e. The van der Waals surface area contributed by atoms with Crippen molar-refractivity contribution in [2.45, 2.75) is 19.9 Å². The molecule has 1 aromatic carbocycles. The third kappa shape index (κ3) is 3.76. The second-order valence-corrected chi connectivity index (χ2v) is 6.59. The van der Waals surface area contributed by atoms with Crippen LogP contribution in [-0.4, -0.2) is 32.4 Å². The lowest BCUT2D eigenvalue weighted by Crippen LogP contribution is -2.34. The number of aliphatic imine (C=N–C) groups is 1. The van der Waals surface area contributed by atoms with Crippen molar-refractivity contribution in [3.63, 3.8) is 0 Å². The lowest BCUT2D eigenvalue weighted by atomic mass is 10.1. The summed E-state index contributed by atoms with van der Waals surface area (Å²) in [7, 11) is 0. The Kier molecular flexibility index (Phi) is 5.15. The summed E-state index contributed by atoms with van der Waals surface area (Å²) < 4.78 is 0. The van der Waals surface area contributed by atoms with Crippen LogP contribution in [-0.2, 0) is 0 Å². The summed E-state index contributed by atoms with van der Waals surface area (Å²) in [4.78, 5) is 13.6. The van der Waals surface area contributed by atoms with Crippen LogP contribution in [0.3, 0.4) is 0 Å². The molecule has 1 aliphatic heterocycles. The van der Waals surface area contributed by atoms with Gasteiger partial charge in [-0.3, -0.25) is 15.4 Å². The predicted octanol–water partition coefficient (Wildman–Crippen LogP) is 3.75. The standard InChI is InChI=1S/C18H21N5S/c1-4-10-19-18-23(22-17-20-13(2)11-14(3)21-17)16(12-24-18)15-8-6-5-7-9-15/h4-9,11,16H,1,10,12H2,2-3H3,(H,20,21,22)/t16-/m0/s1. The molecule has 24 heavy (non-hydrogen) atoms. The molecule has 0 saturated carbocycles. The third-order valence-corrected chi connectivity index (χ3v) is 4.70. The second kappa shape index (κ2) is 7.49. The van der Waals surface area contributed by atoms with Gasteiger partial charge in [-0.05, 0) is 25.5 Å². The fourth-order valence-corrected chi connectivity index (χ4v) is 3.75. The minimum atomic E-state index is 0.184. The van der Waals surface area contributed by atoms with Crippen LogP contribution in [0.2, 0.25) is 0 Å². The second-order valence-electron chi connectivity index (χ2n) is 5.61. The number of anilines is 1. The molecular weight excluding hydrogens is 318 g/mol. The summed E-state index contributed by atoms with van der Waals surface area (Å²) in [5.74, 6) is 1.53. The number of benzene rings is 1. The van der Waals surface area contributed by atoms with Gasteiger partial charge in [0.15, 0.2) is 5.17 Å². The molecule has 1 N–H and O–H groups in total. The number of aromatic nitrogens is 2. The van der Waals surface area contributed by atoms with Crippen molar-refractivity contribution in [1.29, 1.82) is 0 Å². The number of hydrogen-bond acceptors (Lipinski definition) is 5. The molecule has 1 aromatic heterocycles. The molecule has 1 aliphatic rings. The number of rotatable bonds is 5. The first-order valence-corrected chi connectivity index (χ1v) is 8.87. The maximum Gasteiger partial charge on any atom is 0.242 e. The fraction of sp³-hybridized carbons (Fsp3) is 0.278. The molecule has 5 nitrogen and oxygen atoms in total. The van der Waals surface area contributed by atoms with Gasteiger partial charge in [-0.2, -0.15) is 0 Å². The Morgan fingerprint density at radius 1 is 1.29 bits per heavy atom. The van der Waals surface area contributed by atoms with Gasteiger partial charge in [-0.15, -0.1) is 6.58 Å². The summed E-state index contributed by atoms with van der Waals surface area (Å²) in [5.41, 5.74) is 6.48. The Morgan fingerprint density at radius 3 is 2.67 bits per heavy atom. The van der Waals surface area contributed by atoms with E-state index in [4.69, 9.17) is 0 Å². The normalized spacial score (nSPS) is 18.8. The van der Waals surface area contributed by atoms with E-state index in [2.05, 4.69) is 56.2 Å². The summed E-state index contributed by atoms with van der Waals surface area (Å²) in [5, 5.41) is 3.00. The molecule has 124 valence electrons. The van der Waals surface area contributed by atoms with Crippen LogP contribution in [0.5, 0.6) is 0 Å². The van der Waals surface area contributed by atoms with E-state index in [1.807, 2.05) is 26.0 Å². The van der Waals surface area contributed by atoms with Crippen LogP contribution in [0, 0.1) is 13.8 Å². The Balaban J connectivity index is 1.91. The maximum atomic E-state index is 4.61. The van der Waals surface area contributed by atoms with Gasteiger partial charge in [0.05, 0.1) is 12.6 Å². The Morgan fingerprint density at radius 2 is 2.00 bits per heavy atom. The highest BCUT2D eigenvalue weighted by molar-refractivity contribution is 8.14. The minimum absolute atomic E-state index is 0.184. The number of hydrazine groups is 1. The van der Waals surface area contributed by atoms with E-state index < -0.39 is 0 Å². The van der Waals surface area contributed by atoms with E-state index in [0.717, 1.165) is 22.3 Å². The van der Waals surface area contributed by atoms with Crippen molar-refractivity contribution in [3.8, 4) is 0 Å². The lowest BCUT2D eigenvalue weighted by molar-refractivity contribution is 0.416. The van der Waals surface area contributed by atoms with Crippen molar-refractivity contribution in [2.75, 3.05) is 17.7 Å². The molecule has 0 spiro atoms. The van der Waals surface area contributed by atoms with E-state index in [1.165, 1.54) is 5.56 Å². The maximum absolute atomic E-state index is 4.61. The third-order valence-electron chi connectivity index (χ3n) is 3.63. The van der Waals surface area contributed by atoms with Gasteiger partial charge >= 0.3 is 0 Å². The number of nitrogens with zero attached hydrogens (tertiary/aromatic N) is 4. The molecule has 1 saturated heterocycles. The topological polar surface area (TPSA) is 53.4 Å². The van der Waals surface area contributed by atoms with Crippen molar-refractivity contribution >= 4 is 22.9 Å². The number of hydrogen-bond donors (Lipinski definition) is 1. The SMILES string of the molecule is C=CCN=C1SC[C@@H](c2ccccc2)N1Nc1nc(C)cc(C)n1. The lowest BCUT2D eigenvalue weighted by Gasteiger charge is -2.26. The van der Waals surface area contributed by atoms with E-state index in [9.17, 15) is 0 Å². The fourth-order valence-electron chi connectivity index (χ4n) is 2.63. The monoisotopic (exact) mass is 339 g/mol. The number of nitrogens with one attached hydrogen (secondary N) is 1. The Labute approximate surface area is 146 Å². The zero-order chi connectivity index (χ0) is 16.9. The van der Waals surface area contributed by atoms with Gasteiger partial charge in [0.25, 0.3) is 0 Å². The molecular formula is C18H21N5S. The Bertz CT molecular complexity index is 724. The van der Waals surface area contributed by atoms with E-state index in [-0.39, 0.29) is 6.04 Å². The molecule has 0 bridgehead atoms. The number of aryl methyl sites for hydroxylation is 2. The van der Waals surface area contributed by atoms with E-state index in [0.29, 0.717) is 12.5 Å². The number of thioether (sulfide) groups is 1. The van der Waals surface area contributed by atoms with Gasteiger partial charge in [0.2, 0.25) is 5.95 Å². The van der Waals surface area contributed by atoms with Gasteiger partial charge in [-0.25, -0.2) is 9.97 Å². The first-order chi connectivity index (χ1) is 11.7. The van der Waals surface area contributed by atoms with Gasteiger partial charge in [0, 0.05) is 17.1 Å². The zero-order valence-corrected chi connectivity index (χ0v) is 14.8. The summed E-state index contributed by atoms with van der Waals surface area (Å²) >= 11 is 1.73. The average molecular weight is 339 g/mol. The number of amidine groups is 1. The molecule has 0 unspecified atom stereocenters. The molecule has 1 atom stereocenters. The summed E-state index contributed by atoms with van der Waals surface area (Å²) in [6.45, 7) is 8.29. The first-order valence-electron chi connectivity index (χ1n) is 7.88. The molecule has 3 rings (SSSR count). The van der Waals surface area contributed by atoms with Gasteiger partial charge in [0.1, 0.15) is 0 Å². The predicted molar refractivity (Wildman–Crippen MR) is 101 cm³/mol. The molecule has 0 aliphatic carbocycles. The van der Waals surface area contributed by atoms with Crippen molar-refractivity contribution < 1.29 is 0 Å². The molecule has 2 heterocycles. The van der Waals surface area contributed by atoms with Crippen molar-refractivity contribution in [2.24, 2.45) is 4.99 Å². The van der Waals surface area contributed by atoms with Crippen LogP contribution >= 0.6 is 11.8 Å². The Hall–Kier alpha value is -2.34.